The van der Waals surface area contributed by atoms with Crippen molar-refractivity contribution in [1.82, 2.24) is 5.32 Å². The van der Waals surface area contributed by atoms with E-state index in [2.05, 4.69) is 12.2 Å². The predicted octanol–water partition coefficient (Wildman–Crippen LogP) is 3.27. The van der Waals surface area contributed by atoms with E-state index in [1.165, 1.54) is 24.5 Å². The Balaban J connectivity index is 1.80. The first kappa shape index (κ1) is 11.6. The maximum Gasteiger partial charge on any atom is 0.123 e. The average molecular weight is 221 g/mol. The predicted molar refractivity (Wildman–Crippen MR) is 64.7 cm³/mol. The molecule has 0 aromatic heterocycles. The van der Waals surface area contributed by atoms with Crippen molar-refractivity contribution in [3.8, 4) is 0 Å². The zero-order valence-corrected chi connectivity index (χ0v) is 10.1. The Labute approximate surface area is 97.1 Å². The van der Waals surface area contributed by atoms with Gasteiger partial charge in [0.05, 0.1) is 0 Å². The number of benzene rings is 1. The Morgan fingerprint density at radius 2 is 2.19 bits per heavy atom. The van der Waals surface area contributed by atoms with Crippen molar-refractivity contribution < 1.29 is 4.39 Å². The highest BCUT2D eigenvalue weighted by Gasteiger charge is 2.27. The van der Waals surface area contributed by atoms with Crippen LogP contribution in [0, 0.1) is 24.6 Å². The van der Waals surface area contributed by atoms with Crippen LogP contribution in [0.3, 0.4) is 0 Å². The maximum absolute atomic E-state index is 12.9. The van der Waals surface area contributed by atoms with Gasteiger partial charge in [-0.1, -0.05) is 13.0 Å². The fraction of sp³-hybridized carbons (Fsp3) is 0.571. The molecule has 0 amide bonds. The quantitative estimate of drug-likeness (QED) is 0.804. The van der Waals surface area contributed by atoms with Crippen molar-refractivity contribution in [3.05, 3.63) is 35.1 Å². The first-order valence-electron chi connectivity index (χ1n) is 6.12. The molecule has 1 nitrogen and oxygen atoms in total. The van der Waals surface area contributed by atoms with Gasteiger partial charge in [0.1, 0.15) is 5.82 Å². The van der Waals surface area contributed by atoms with Crippen molar-refractivity contribution in [2.24, 2.45) is 11.8 Å². The molecule has 1 aromatic rings. The van der Waals surface area contributed by atoms with Gasteiger partial charge in [-0.2, -0.15) is 0 Å². The van der Waals surface area contributed by atoms with E-state index in [0.29, 0.717) is 0 Å². The Morgan fingerprint density at radius 1 is 1.44 bits per heavy atom. The molecule has 1 fully saturated rings. The highest BCUT2D eigenvalue weighted by Crippen LogP contribution is 2.36. The fourth-order valence-electron chi connectivity index (χ4n) is 2.12. The van der Waals surface area contributed by atoms with Gasteiger partial charge in [-0.15, -0.1) is 0 Å². The van der Waals surface area contributed by atoms with E-state index in [1.807, 2.05) is 13.0 Å². The molecule has 1 aliphatic rings. The van der Waals surface area contributed by atoms with E-state index in [9.17, 15) is 4.39 Å². The van der Waals surface area contributed by atoms with Gasteiger partial charge in [0.15, 0.2) is 0 Å². The molecular weight excluding hydrogens is 201 g/mol. The first-order valence-corrected chi connectivity index (χ1v) is 6.12. The Hall–Kier alpha value is -0.890. The van der Waals surface area contributed by atoms with Crippen LogP contribution in [-0.2, 0) is 6.54 Å². The second kappa shape index (κ2) is 4.96. The van der Waals surface area contributed by atoms with Crippen molar-refractivity contribution in [2.45, 2.75) is 33.2 Å². The lowest BCUT2D eigenvalue weighted by molar-refractivity contribution is 0.461. The number of halogens is 1. The smallest absolute Gasteiger partial charge is 0.123 e. The summed E-state index contributed by atoms with van der Waals surface area (Å²) in [6, 6.07) is 5.01. The first-order chi connectivity index (χ1) is 7.66. The van der Waals surface area contributed by atoms with E-state index < -0.39 is 0 Å². The van der Waals surface area contributed by atoms with E-state index in [4.69, 9.17) is 0 Å². The van der Waals surface area contributed by atoms with E-state index in [-0.39, 0.29) is 5.82 Å². The molecule has 88 valence electrons. The normalized spacial score (nSPS) is 17.4. The number of hydrogen-bond donors (Lipinski definition) is 1. The van der Waals surface area contributed by atoms with Crippen LogP contribution < -0.4 is 5.32 Å². The number of hydrogen-bond acceptors (Lipinski definition) is 1. The second-order valence-corrected chi connectivity index (χ2v) is 5.02. The molecule has 0 bridgehead atoms. The SMILES string of the molecule is Cc1cc(F)ccc1CNCC(C)C1CC1. The molecule has 0 spiro atoms. The maximum atomic E-state index is 12.9. The third-order valence-corrected chi connectivity index (χ3v) is 3.51. The minimum atomic E-state index is -0.146. The van der Waals surface area contributed by atoms with Crippen LogP contribution in [0.15, 0.2) is 18.2 Å². The summed E-state index contributed by atoms with van der Waals surface area (Å²) in [4.78, 5) is 0. The molecule has 1 N–H and O–H groups in total. The largest absolute Gasteiger partial charge is 0.312 e. The highest BCUT2D eigenvalue weighted by atomic mass is 19.1. The lowest BCUT2D eigenvalue weighted by Gasteiger charge is -2.12. The van der Waals surface area contributed by atoms with Gasteiger partial charge in [0.2, 0.25) is 0 Å². The lowest BCUT2D eigenvalue weighted by atomic mass is 10.1. The van der Waals surface area contributed by atoms with E-state index in [0.717, 1.165) is 30.5 Å². The summed E-state index contributed by atoms with van der Waals surface area (Å²) in [5, 5.41) is 3.46. The molecule has 1 atom stereocenters. The van der Waals surface area contributed by atoms with Crippen LogP contribution in [0.1, 0.15) is 30.9 Å². The van der Waals surface area contributed by atoms with Crippen LogP contribution in [-0.4, -0.2) is 6.54 Å². The molecule has 2 rings (SSSR count). The van der Waals surface area contributed by atoms with Crippen LogP contribution in [0.2, 0.25) is 0 Å². The van der Waals surface area contributed by atoms with E-state index in [1.54, 1.807) is 6.07 Å². The Bertz CT molecular complexity index is 358. The number of rotatable bonds is 5. The summed E-state index contributed by atoms with van der Waals surface area (Å²) in [5.74, 6) is 1.58. The molecule has 1 aromatic carbocycles. The van der Waals surface area contributed by atoms with Gasteiger partial charge in [-0.3, -0.25) is 0 Å². The Morgan fingerprint density at radius 3 is 2.81 bits per heavy atom. The third kappa shape index (κ3) is 3.05. The summed E-state index contributed by atoms with van der Waals surface area (Å²) in [7, 11) is 0. The summed E-state index contributed by atoms with van der Waals surface area (Å²) >= 11 is 0. The zero-order valence-electron chi connectivity index (χ0n) is 10.1. The molecule has 16 heavy (non-hydrogen) atoms. The molecule has 0 heterocycles. The standard InChI is InChI=1S/C14H20FN/c1-10-7-14(15)6-5-13(10)9-16-8-11(2)12-3-4-12/h5-7,11-12,16H,3-4,8-9H2,1-2H3. The fourth-order valence-corrected chi connectivity index (χ4v) is 2.12. The Kier molecular flexibility index (Phi) is 3.59. The van der Waals surface area contributed by atoms with Gasteiger partial charge in [-0.05, 0) is 61.4 Å². The summed E-state index contributed by atoms with van der Waals surface area (Å²) < 4.78 is 12.9. The van der Waals surface area contributed by atoms with Crippen LogP contribution in [0.5, 0.6) is 0 Å². The minimum absolute atomic E-state index is 0.146. The van der Waals surface area contributed by atoms with Crippen LogP contribution in [0.25, 0.3) is 0 Å². The van der Waals surface area contributed by atoms with Gasteiger partial charge in [0.25, 0.3) is 0 Å². The molecular formula is C14H20FN. The highest BCUT2D eigenvalue weighted by molar-refractivity contribution is 5.26. The molecule has 0 saturated heterocycles. The van der Waals surface area contributed by atoms with Gasteiger partial charge >= 0.3 is 0 Å². The molecule has 0 radical (unpaired) electrons. The van der Waals surface area contributed by atoms with Gasteiger partial charge in [-0.25, -0.2) is 4.39 Å². The van der Waals surface area contributed by atoms with Crippen LogP contribution >= 0.6 is 0 Å². The minimum Gasteiger partial charge on any atom is -0.312 e. The van der Waals surface area contributed by atoms with Crippen molar-refractivity contribution in [2.75, 3.05) is 6.54 Å². The number of nitrogens with one attached hydrogen (secondary N) is 1. The summed E-state index contributed by atoms with van der Waals surface area (Å²) in [6.07, 6.45) is 2.80. The molecule has 1 unspecified atom stereocenters. The second-order valence-electron chi connectivity index (χ2n) is 5.02. The zero-order chi connectivity index (χ0) is 11.5. The van der Waals surface area contributed by atoms with Crippen molar-refractivity contribution in [1.29, 1.82) is 0 Å². The monoisotopic (exact) mass is 221 g/mol. The molecule has 0 aliphatic heterocycles. The van der Waals surface area contributed by atoms with Gasteiger partial charge in [0, 0.05) is 6.54 Å². The van der Waals surface area contributed by atoms with Gasteiger partial charge < -0.3 is 5.32 Å². The third-order valence-electron chi connectivity index (χ3n) is 3.51. The molecule has 2 heteroatoms. The van der Waals surface area contributed by atoms with Crippen molar-refractivity contribution >= 4 is 0 Å². The molecule has 1 aliphatic carbocycles. The number of aryl methyl sites for hydroxylation is 1. The van der Waals surface area contributed by atoms with Crippen LogP contribution in [0.4, 0.5) is 4.39 Å². The lowest BCUT2D eigenvalue weighted by Crippen LogP contribution is -2.22. The van der Waals surface area contributed by atoms with Crippen molar-refractivity contribution in [3.63, 3.8) is 0 Å². The van der Waals surface area contributed by atoms with E-state index >= 15 is 0 Å². The summed E-state index contributed by atoms with van der Waals surface area (Å²) in [5.41, 5.74) is 2.23. The topological polar surface area (TPSA) is 12.0 Å². The molecule has 1 saturated carbocycles. The summed E-state index contributed by atoms with van der Waals surface area (Å²) in [6.45, 7) is 6.19. The average Bonchev–Trinajstić information content (AvgIpc) is 3.04.